The van der Waals surface area contributed by atoms with Crippen LogP contribution >= 0.6 is 0 Å². The van der Waals surface area contributed by atoms with E-state index in [1.807, 2.05) is 18.2 Å². The second-order valence-corrected chi connectivity index (χ2v) is 9.35. The van der Waals surface area contributed by atoms with Crippen molar-refractivity contribution in [1.29, 1.82) is 0 Å². The van der Waals surface area contributed by atoms with Crippen molar-refractivity contribution < 1.29 is 14.4 Å². The van der Waals surface area contributed by atoms with Gasteiger partial charge in [-0.1, -0.05) is 24.6 Å². The van der Waals surface area contributed by atoms with Crippen molar-refractivity contribution in [2.45, 2.75) is 63.6 Å². The Morgan fingerprint density at radius 2 is 1.93 bits per heavy atom. The fourth-order valence-corrected chi connectivity index (χ4v) is 5.92. The lowest BCUT2D eigenvalue weighted by atomic mass is 9.84. The molecule has 1 aliphatic heterocycles. The predicted octanol–water partition coefficient (Wildman–Crippen LogP) is 2.40. The van der Waals surface area contributed by atoms with E-state index in [4.69, 9.17) is 0 Å². The average molecular weight is 396 g/mol. The van der Waals surface area contributed by atoms with Crippen LogP contribution in [0.15, 0.2) is 24.3 Å². The van der Waals surface area contributed by atoms with E-state index in [-0.39, 0.29) is 36.3 Å². The van der Waals surface area contributed by atoms with Gasteiger partial charge < -0.3 is 15.5 Å². The number of amides is 3. The zero-order valence-corrected chi connectivity index (χ0v) is 16.9. The maximum Gasteiger partial charge on any atom is 0.255 e. The van der Waals surface area contributed by atoms with E-state index < -0.39 is 6.04 Å². The van der Waals surface area contributed by atoms with Crippen LogP contribution < -0.4 is 10.6 Å². The smallest absolute Gasteiger partial charge is 0.255 e. The van der Waals surface area contributed by atoms with Crippen LogP contribution in [0.4, 0.5) is 0 Å². The molecule has 0 aromatic heterocycles. The maximum atomic E-state index is 13.0. The molecule has 5 atom stereocenters. The Kier molecular flexibility index (Phi) is 4.60. The minimum Gasteiger partial charge on any atom is -0.352 e. The molecule has 3 fully saturated rings. The highest BCUT2D eigenvalue weighted by atomic mass is 16.2. The summed E-state index contributed by atoms with van der Waals surface area (Å²) < 4.78 is 0. The van der Waals surface area contributed by atoms with Crippen LogP contribution in [-0.4, -0.2) is 41.2 Å². The van der Waals surface area contributed by atoms with Gasteiger partial charge in [0.05, 0.1) is 6.54 Å². The summed E-state index contributed by atoms with van der Waals surface area (Å²) in [4.78, 5) is 39.9. The lowest BCUT2D eigenvalue weighted by molar-refractivity contribution is -0.129. The number of nitrogens with zero attached hydrogens (tertiary/aromatic N) is 1. The van der Waals surface area contributed by atoms with Gasteiger partial charge >= 0.3 is 0 Å². The molecule has 0 saturated heterocycles. The quantitative estimate of drug-likeness (QED) is 0.776. The Morgan fingerprint density at radius 1 is 1.14 bits per heavy atom. The van der Waals surface area contributed by atoms with Gasteiger partial charge in [0.2, 0.25) is 11.8 Å². The van der Waals surface area contributed by atoms with Crippen molar-refractivity contribution in [1.82, 2.24) is 15.5 Å². The summed E-state index contributed by atoms with van der Waals surface area (Å²) in [5.41, 5.74) is 1.35. The molecular weight excluding hydrogens is 366 g/mol. The number of hydrogen-bond donors (Lipinski definition) is 2. The van der Waals surface area contributed by atoms with E-state index in [9.17, 15) is 14.4 Å². The van der Waals surface area contributed by atoms with E-state index in [1.165, 1.54) is 25.7 Å². The number of benzene rings is 1. The Balaban J connectivity index is 1.20. The molecule has 6 nitrogen and oxygen atoms in total. The van der Waals surface area contributed by atoms with Crippen LogP contribution in [0.25, 0.3) is 0 Å². The minimum absolute atomic E-state index is 0.0463. The second-order valence-electron chi connectivity index (χ2n) is 9.35. The van der Waals surface area contributed by atoms with E-state index in [0.717, 1.165) is 30.2 Å². The van der Waals surface area contributed by atoms with Crippen molar-refractivity contribution in [2.75, 3.05) is 6.54 Å². The molecule has 0 spiro atoms. The van der Waals surface area contributed by atoms with E-state index >= 15 is 0 Å². The molecule has 5 unspecified atom stereocenters. The molecule has 1 aromatic rings. The minimum atomic E-state index is -0.623. The number of carbonyl (C=O) groups is 3. The van der Waals surface area contributed by atoms with Crippen LogP contribution in [0, 0.1) is 17.8 Å². The molecule has 4 aliphatic rings. The van der Waals surface area contributed by atoms with Crippen LogP contribution in [0.3, 0.4) is 0 Å². The normalized spacial score (nSPS) is 30.9. The molecule has 6 heteroatoms. The molecule has 5 rings (SSSR count). The maximum absolute atomic E-state index is 13.0. The first-order valence-corrected chi connectivity index (χ1v) is 11.0. The molecule has 29 heavy (non-hydrogen) atoms. The average Bonchev–Trinajstić information content (AvgIpc) is 3.20. The first-order chi connectivity index (χ1) is 14.0. The molecule has 2 N–H and O–H groups in total. The summed E-state index contributed by atoms with van der Waals surface area (Å²) in [6.07, 6.45) is 7.04. The number of fused-ring (bicyclic) bond motifs is 3. The number of rotatable bonds is 6. The third-order valence-electron chi connectivity index (χ3n) is 7.43. The van der Waals surface area contributed by atoms with E-state index in [1.54, 1.807) is 11.0 Å². The molecule has 3 amide bonds. The van der Waals surface area contributed by atoms with Crippen molar-refractivity contribution >= 4 is 17.7 Å². The van der Waals surface area contributed by atoms with E-state index in [0.29, 0.717) is 11.5 Å². The number of carbonyl (C=O) groups excluding carboxylic acids is 3. The lowest BCUT2D eigenvalue weighted by Crippen LogP contribution is -2.47. The van der Waals surface area contributed by atoms with Crippen LogP contribution in [0.1, 0.15) is 67.4 Å². The summed E-state index contributed by atoms with van der Waals surface area (Å²) in [6, 6.07) is 6.96. The van der Waals surface area contributed by atoms with Gasteiger partial charge in [0, 0.05) is 17.6 Å². The van der Waals surface area contributed by atoms with Gasteiger partial charge in [0.25, 0.3) is 5.91 Å². The number of nitrogens with one attached hydrogen (secondary N) is 2. The molecular formula is C23H29N3O3. The van der Waals surface area contributed by atoms with Gasteiger partial charge in [0.1, 0.15) is 6.04 Å². The Bertz CT molecular complexity index is 850. The highest BCUT2D eigenvalue weighted by Gasteiger charge is 2.47. The first-order valence-electron chi connectivity index (χ1n) is 11.0. The van der Waals surface area contributed by atoms with Crippen molar-refractivity contribution in [3.8, 4) is 0 Å². The fourth-order valence-electron chi connectivity index (χ4n) is 5.92. The van der Waals surface area contributed by atoms with Crippen LogP contribution in [-0.2, 0) is 9.59 Å². The van der Waals surface area contributed by atoms with Gasteiger partial charge in [-0.05, 0) is 68.4 Å². The Labute approximate surface area is 171 Å². The fraction of sp³-hybridized carbons (Fsp3) is 0.609. The zero-order chi connectivity index (χ0) is 20.1. The molecule has 1 aromatic carbocycles. The largest absolute Gasteiger partial charge is 0.352 e. The highest BCUT2D eigenvalue weighted by Crippen LogP contribution is 2.49. The van der Waals surface area contributed by atoms with Gasteiger partial charge in [-0.3, -0.25) is 14.4 Å². The van der Waals surface area contributed by atoms with Crippen molar-refractivity contribution in [3.63, 3.8) is 0 Å². The van der Waals surface area contributed by atoms with Gasteiger partial charge in [0.15, 0.2) is 0 Å². The summed E-state index contributed by atoms with van der Waals surface area (Å²) in [6.45, 7) is 2.04. The molecule has 2 bridgehead atoms. The summed E-state index contributed by atoms with van der Waals surface area (Å²) >= 11 is 0. The second kappa shape index (κ2) is 7.15. The zero-order valence-electron chi connectivity index (χ0n) is 16.9. The lowest BCUT2D eigenvalue weighted by Gasteiger charge is -2.29. The molecule has 154 valence electrons. The highest BCUT2D eigenvalue weighted by molar-refractivity contribution is 6.05. The molecule has 3 aliphatic carbocycles. The molecule has 1 heterocycles. The van der Waals surface area contributed by atoms with Crippen molar-refractivity contribution in [3.05, 3.63) is 35.4 Å². The summed E-state index contributed by atoms with van der Waals surface area (Å²) in [7, 11) is 0. The third kappa shape index (κ3) is 3.32. The summed E-state index contributed by atoms with van der Waals surface area (Å²) in [5, 5.41) is 5.88. The molecule has 0 radical (unpaired) electrons. The van der Waals surface area contributed by atoms with Crippen molar-refractivity contribution in [2.24, 2.45) is 17.8 Å². The van der Waals surface area contributed by atoms with Gasteiger partial charge in [-0.25, -0.2) is 0 Å². The standard InChI is InChI=1S/C23H29N3O3/c1-13(19-11-14-6-7-15(19)10-14)25-20(27)12-24-22(28)21-17-4-2-3-5-18(17)23(29)26(21)16-8-9-16/h2-5,13-16,19,21H,6-12H2,1H3,(H,24,28)(H,25,27). The van der Waals surface area contributed by atoms with E-state index in [2.05, 4.69) is 17.6 Å². The van der Waals surface area contributed by atoms with Crippen LogP contribution in [0.2, 0.25) is 0 Å². The predicted molar refractivity (Wildman–Crippen MR) is 108 cm³/mol. The van der Waals surface area contributed by atoms with Gasteiger partial charge in [-0.2, -0.15) is 0 Å². The van der Waals surface area contributed by atoms with Gasteiger partial charge in [-0.15, -0.1) is 0 Å². The third-order valence-corrected chi connectivity index (χ3v) is 7.43. The SMILES string of the molecule is CC(NC(=O)CNC(=O)C1c2ccccc2C(=O)N1C1CC1)C1CC2CCC1C2. The first kappa shape index (κ1) is 18.6. The molecule has 3 saturated carbocycles. The van der Waals surface area contributed by atoms with Crippen LogP contribution in [0.5, 0.6) is 0 Å². The Hall–Kier alpha value is -2.37. The monoisotopic (exact) mass is 395 g/mol. The number of hydrogen-bond acceptors (Lipinski definition) is 3. The Morgan fingerprint density at radius 3 is 2.62 bits per heavy atom. The summed E-state index contributed by atoms with van der Waals surface area (Å²) in [5.74, 6) is 1.67. The topological polar surface area (TPSA) is 78.5 Å².